The summed E-state index contributed by atoms with van der Waals surface area (Å²) in [5.74, 6) is -4.26. The largest absolute Gasteiger partial charge is 0.508 e. The van der Waals surface area contributed by atoms with Gasteiger partial charge >= 0.3 is 0 Å². The number of aliphatic hydroxyl groups is 9. The van der Waals surface area contributed by atoms with E-state index in [1.807, 2.05) is 0 Å². The van der Waals surface area contributed by atoms with Crippen LogP contribution in [0.5, 0.6) is 40.2 Å². The standard InChI is InChI=1S/C40H44O18/c41-15-27-32(49)34(51)36(53)39(56-27)55-23-11-19(4-1-17-2-7-20(43)8-3-17)29(25(46)14-23)30(18-5-9-21(44)10-6-18)31(48)24-12-22(45)13-26(47)38(24)58-40-37(54)35(52)33(50)28(16-42)57-40/h1-14,27-28,30-37,39-54H,15-16H2/b4-1+/t27-,28-,30-,31-,32-,33-,34+,35+,36-,37-,39-,40+/m1/s1. The maximum absolute atomic E-state index is 12.4. The van der Waals surface area contributed by atoms with Crippen molar-refractivity contribution in [3.8, 4) is 40.2 Å². The molecule has 312 valence electrons. The summed E-state index contributed by atoms with van der Waals surface area (Å²) >= 11 is 0. The van der Waals surface area contributed by atoms with Gasteiger partial charge in [0.05, 0.1) is 19.3 Å². The molecule has 0 saturated carbocycles. The SMILES string of the molecule is OC[C@H]1O[C@@H](Oc2cc(O)c([C@@H](c3ccc(O)cc3)[C@H](O)c3cc(O)cc(O)c3O[C@@H]3O[C@H](CO)[C@@H](O)[C@H](O)[C@H]3O)c(/C=C/c3ccc(O)cc3)c2)[C@H](O)[C@@H](O)[C@@H]1O. The minimum Gasteiger partial charge on any atom is -0.508 e. The van der Waals surface area contributed by atoms with E-state index in [1.165, 1.54) is 48.5 Å². The van der Waals surface area contributed by atoms with Crippen LogP contribution in [0.15, 0.2) is 72.8 Å². The Labute approximate surface area is 329 Å². The van der Waals surface area contributed by atoms with Crippen LogP contribution >= 0.6 is 0 Å². The average molecular weight is 813 g/mol. The summed E-state index contributed by atoms with van der Waals surface area (Å²) in [4.78, 5) is 0. The predicted octanol–water partition coefficient (Wildman–Crippen LogP) is -0.392. The van der Waals surface area contributed by atoms with Gasteiger partial charge in [-0.25, -0.2) is 0 Å². The van der Waals surface area contributed by atoms with Crippen LogP contribution in [0.25, 0.3) is 12.2 Å². The molecule has 6 rings (SSSR count). The van der Waals surface area contributed by atoms with Gasteiger partial charge < -0.3 is 90.4 Å². The van der Waals surface area contributed by atoms with Crippen molar-refractivity contribution in [2.75, 3.05) is 13.2 Å². The van der Waals surface area contributed by atoms with Crippen LogP contribution < -0.4 is 9.47 Å². The molecule has 0 radical (unpaired) electrons. The van der Waals surface area contributed by atoms with Crippen LogP contribution in [0.3, 0.4) is 0 Å². The van der Waals surface area contributed by atoms with Crippen LogP contribution in [0.2, 0.25) is 0 Å². The van der Waals surface area contributed by atoms with Crippen molar-refractivity contribution in [2.45, 2.75) is 73.4 Å². The number of hydrogen-bond donors (Lipinski definition) is 14. The molecular weight excluding hydrogens is 768 g/mol. The first-order valence-corrected chi connectivity index (χ1v) is 17.9. The zero-order chi connectivity index (χ0) is 42.0. The Morgan fingerprint density at radius 1 is 0.569 bits per heavy atom. The molecule has 14 N–H and O–H groups in total. The van der Waals surface area contributed by atoms with Gasteiger partial charge in [-0.05, 0) is 53.1 Å². The molecule has 2 aliphatic rings. The molecule has 2 saturated heterocycles. The monoisotopic (exact) mass is 812 g/mol. The molecule has 2 heterocycles. The Morgan fingerprint density at radius 2 is 1.10 bits per heavy atom. The van der Waals surface area contributed by atoms with Gasteiger partial charge in [-0.3, -0.25) is 0 Å². The van der Waals surface area contributed by atoms with Gasteiger partial charge in [-0.1, -0.05) is 36.4 Å². The summed E-state index contributed by atoms with van der Waals surface area (Å²) in [7, 11) is 0. The molecule has 58 heavy (non-hydrogen) atoms. The van der Waals surface area contributed by atoms with Gasteiger partial charge in [-0.2, -0.15) is 0 Å². The summed E-state index contributed by atoms with van der Waals surface area (Å²) in [6.07, 6.45) is -15.9. The van der Waals surface area contributed by atoms with E-state index >= 15 is 0 Å². The van der Waals surface area contributed by atoms with Crippen molar-refractivity contribution in [3.63, 3.8) is 0 Å². The maximum Gasteiger partial charge on any atom is 0.229 e. The van der Waals surface area contributed by atoms with Gasteiger partial charge in [0.1, 0.15) is 77.6 Å². The van der Waals surface area contributed by atoms with Gasteiger partial charge in [-0.15, -0.1) is 0 Å². The van der Waals surface area contributed by atoms with E-state index < -0.39 is 110 Å². The van der Waals surface area contributed by atoms with Crippen LogP contribution in [-0.2, 0) is 9.47 Å². The first kappa shape index (κ1) is 42.4. The lowest BCUT2D eigenvalue weighted by atomic mass is 9.80. The topological polar surface area (TPSA) is 320 Å². The normalized spacial score (nSPS) is 28.6. The van der Waals surface area contributed by atoms with Crippen molar-refractivity contribution in [2.24, 2.45) is 0 Å². The highest BCUT2D eigenvalue weighted by Gasteiger charge is 2.47. The number of phenolic OH excluding ortho intramolecular Hbond substituents is 5. The predicted molar refractivity (Wildman–Crippen MR) is 199 cm³/mol. The number of phenols is 5. The van der Waals surface area contributed by atoms with E-state index in [0.717, 1.165) is 18.2 Å². The second kappa shape index (κ2) is 17.7. The highest BCUT2D eigenvalue weighted by atomic mass is 16.7. The van der Waals surface area contributed by atoms with Gasteiger partial charge in [0.2, 0.25) is 12.6 Å². The number of aliphatic hydroxyl groups excluding tert-OH is 9. The van der Waals surface area contributed by atoms with E-state index in [9.17, 15) is 71.5 Å². The number of benzene rings is 4. The zero-order valence-corrected chi connectivity index (χ0v) is 30.3. The summed E-state index contributed by atoms with van der Waals surface area (Å²) in [6, 6.07) is 15.7. The Hall–Kier alpha value is -5.22. The zero-order valence-electron chi connectivity index (χ0n) is 30.3. The first-order valence-electron chi connectivity index (χ1n) is 17.9. The molecule has 2 fully saturated rings. The fraction of sp³-hybridized carbons (Fsp3) is 0.350. The Balaban J connectivity index is 1.49. The summed E-state index contributed by atoms with van der Waals surface area (Å²) < 4.78 is 22.6. The second-order valence-electron chi connectivity index (χ2n) is 13.9. The minimum atomic E-state index is -1.94. The molecule has 12 atom stereocenters. The van der Waals surface area contributed by atoms with Gasteiger partial charge in [0, 0.05) is 29.2 Å². The number of hydrogen-bond acceptors (Lipinski definition) is 18. The Bertz CT molecular complexity index is 2040. The Morgan fingerprint density at radius 3 is 1.66 bits per heavy atom. The van der Waals surface area contributed by atoms with E-state index in [-0.39, 0.29) is 39.5 Å². The minimum absolute atomic E-state index is 0.0166. The molecule has 2 aliphatic heterocycles. The van der Waals surface area contributed by atoms with Crippen molar-refractivity contribution in [1.82, 2.24) is 0 Å². The van der Waals surface area contributed by atoms with Crippen molar-refractivity contribution in [1.29, 1.82) is 0 Å². The summed E-state index contributed by atoms with van der Waals surface area (Å²) in [5, 5.41) is 148. The number of ether oxygens (including phenoxy) is 4. The summed E-state index contributed by atoms with van der Waals surface area (Å²) in [5.41, 5.74) is 0.492. The molecule has 0 amide bonds. The van der Waals surface area contributed by atoms with E-state index in [2.05, 4.69) is 0 Å². The van der Waals surface area contributed by atoms with Crippen molar-refractivity contribution in [3.05, 3.63) is 101 Å². The third-order valence-electron chi connectivity index (χ3n) is 9.98. The smallest absolute Gasteiger partial charge is 0.229 e. The van der Waals surface area contributed by atoms with E-state index in [1.54, 1.807) is 18.2 Å². The van der Waals surface area contributed by atoms with Crippen LogP contribution in [0.1, 0.15) is 39.8 Å². The molecule has 4 aromatic carbocycles. The van der Waals surface area contributed by atoms with Crippen molar-refractivity contribution < 1.29 is 90.4 Å². The highest BCUT2D eigenvalue weighted by molar-refractivity contribution is 5.75. The van der Waals surface area contributed by atoms with E-state index in [4.69, 9.17) is 18.9 Å². The van der Waals surface area contributed by atoms with Gasteiger partial charge in [0.15, 0.2) is 11.5 Å². The molecule has 4 aromatic rings. The number of rotatable bonds is 12. The van der Waals surface area contributed by atoms with E-state index in [0.29, 0.717) is 5.56 Å². The molecule has 0 unspecified atom stereocenters. The van der Waals surface area contributed by atoms with Crippen LogP contribution in [0, 0.1) is 0 Å². The molecule has 0 bridgehead atoms. The highest BCUT2D eigenvalue weighted by Crippen LogP contribution is 2.49. The molecule has 0 spiro atoms. The quantitative estimate of drug-likeness (QED) is 0.0810. The Kier molecular flexibility index (Phi) is 13.0. The molecular formula is C40H44O18. The first-order chi connectivity index (χ1) is 27.6. The second-order valence-corrected chi connectivity index (χ2v) is 13.9. The lowest BCUT2D eigenvalue weighted by Crippen LogP contribution is -2.60. The van der Waals surface area contributed by atoms with Gasteiger partial charge in [0.25, 0.3) is 0 Å². The molecule has 18 heteroatoms. The average Bonchev–Trinajstić information content (AvgIpc) is 3.20. The van der Waals surface area contributed by atoms with Crippen molar-refractivity contribution >= 4 is 12.2 Å². The van der Waals surface area contributed by atoms with Crippen LogP contribution in [0.4, 0.5) is 0 Å². The number of aromatic hydroxyl groups is 5. The molecule has 18 nitrogen and oxygen atoms in total. The maximum atomic E-state index is 12.4. The fourth-order valence-corrected chi connectivity index (χ4v) is 6.87. The summed E-state index contributed by atoms with van der Waals surface area (Å²) in [6.45, 7) is -1.55. The third kappa shape index (κ3) is 8.77. The lowest BCUT2D eigenvalue weighted by Gasteiger charge is -2.40. The lowest BCUT2D eigenvalue weighted by molar-refractivity contribution is -0.277. The third-order valence-corrected chi connectivity index (χ3v) is 9.98. The fourth-order valence-electron chi connectivity index (χ4n) is 6.87. The van der Waals surface area contributed by atoms with Crippen LogP contribution in [-0.4, -0.2) is 146 Å². The molecule has 0 aromatic heterocycles. The molecule has 0 aliphatic carbocycles.